The van der Waals surface area contributed by atoms with Crippen LogP contribution in [0, 0.1) is 25.0 Å². The summed E-state index contributed by atoms with van der Waals surface area (Å²) in [6.45, 7) is 13.5. The number of benzene rings is 3. The topological polar surface area (TPSA) is 44.9 Å². The molecule has 3 aromatic heterocycles. The first-order chi connectivity index (χ1) is 24.0. The maximum Gasteiger partial charge on any atom is 2.00 e. The number of aromatic nitrogens is 4. The van der Waals surface area contributed by atoms with Crippen LogP contribution in [-0.4, -0.2) is 19.3 Å². The van der Waals surface area contributed by atoms with Crippen molar-refractivity contribution in [3.8, 4) is 23.0 Å². The third-order valence-corrected chi connectivity index (χ3v) is 10.4. The zero-order chi connectivity index (χ0) is 34.1. The molecule has 3 heterocycles. The van der Waals surface area contributed by atoms with Gasteiger partial charge in [-0.25, -0.2) is 4.98 Å². The van der Waals surface area contributed by atoms with E-state index < -0.39 is 0 Å². The first-order valence-corrected chi connectivity index (χ1v) is 18.4. The van der Waals surface area contributed by atoms with E-state index in [2.05, 4.69) is 124 Å². The Morgan fingerprint density at radius 2 is 1.72 bits per heavy atom. The normalized spacial score (nSPS) is 16.1. The molecule has 1 aliphatic carbocycles. The minimum atomic E-state index is 0. The van der Waals surface area contributed by atoms with Crippen molar-refractivity contribution >= 4 is 21.8 Å². The summed E-state index contributed by atoms with van der Waals surface area (Å²) in [5.74, 6) is 3.29. The van der Waals surface area contributed by atoms with Crippen molar-refractivity contribution in [2.24, 2.45) is 5.92 Å². The Morgan fingerprint density at radius 1 is 0.880 bits per heavy atom. The van der Waals surface area contributed by atoms with Gasteiger partial charge >= 0.3 is 21.1 Å². The van der Waals surface area contributed by atoms with Crippen LogP contribution in [0.25, 0.3) is 33.3 Å². The summed E-state index contributed by atoms with van der Waals surface area (Å²) in [5, 5.41) is 7.58. The molecule has 0 N–H and O–H groups in total. The zero-order valence-electron chi connectivity index (χ0n) is 30.3. The van der Waals surface area contributed by atoms with Gasteiger partial charge < -0.3 is 9.30 Å². The molecule has 3 aromatic carbocycles. The van der Waals surface area contributed by atoms with Gasteiger partial charge in [-0.05, 0) is 79.3 Å². The van der Waals surface area contributed by atoms with Crippen LogP contribution in [0.15, 0.2) is 78.5 Å². The molecule has 0 saturated carbocycles. The molecule has 0 aliphatic heterocycles. The second-order valence-corrected chi connectivity index (χ2v) is 13.5. The van der Waals surface area contributed by atoms with Gasteiger partial charge in [0, 0.05) is 40.4 Å². The Kier molecular flexibility index (Phi) is 11.1. The van der Waals surface area contributed by atoms with Crippen LogP contribution in [0.4, 0.5) is 0 Å². The summed E-state index contributed by atoms with van der Waals surface area (Å²) < 4.78 is 11.0. The van der Waals surface area contributed by atoms with Gasteiger partial charge in [0.15, 0.2) is 0 Å². The number of fused-ring (bicyclic) bond motifs is 3. The van der Waals surface area contributed by atoms with E-state index in [0.717, 1.165) is 65.6 Å². The van der Waals surface area contributed by atoms with Crippen molar-refractivity contribution in [1.82, 2.24) is 19.3 Å². The third kappa shape index (κ3) is 6.62. The van der Waals surface area contributed by atoms with Gasteiger partial charge in [-0.3, -0.25) is 4.68 Å². The summed E-state index contributed by atoms with van der Waals surface area (Å²) in [7, 11) is 0. The van der Waals surface area contributed by atoms with E-state index in [-0.39, 0.29) is 21.1 Å². The number of pyridine rings is 1. The van der Waals surface area contributed by atoms with Gasteiger partial charge in [-0.2, -0.15) is 16.7 Å². The van der Waals surface area contributed by atoms with E-state index in [1.807, 2.05) is 12.3 Å². The monoisotopic (exact) mass is 843 g/mol. The van der Waals surface area contributed by atoms with E-state index in [1.165, 1.54) is 47.2 Å². The van der Waals surface area contributed by atoms with Gasteiger partial charge in [-0.1, -0.05) is 89.7 Å². The van der Waals surface area contributed by atoms with Crippen molar-refractivity contribution in [2.45, 2.75) is 98.8 Å². The molecule has 0 spiro atoms. The van der Waals surface area contributed by atoms with Crippen LogP contribution in [0.5, 0.6) is 11.5 Å². The van der Waals surface area contributed by atoms with Crippen LogP contribution in [0.1, 0.15) is 101 Å². The number of aryl methyl sites for hydroxylation is 3. The molecule has 1 unspecified atom stereocenters. The predicted molar refractivity (Wildman–Crippen MR) is 202 cm³/mol. The van der Waals surface area contributed by atoms with E-state index in [4.69, 9.17) is 14.8 Å². The number of ether oxygens (including phenoxy) is 1. The molecule has 7 rings (SSSR count). The van der Waals surface area contributed by atoms with Crippen molar-refractivity contribution < 1.29 is 25.8 Å². The van der Waals surface area contributed by atoms with Crippen LogP contribution in [0.3, 0.4) is 0 Å². The van der Waals surface area contributed by atoms with E-state index in [0.29, 0.717) is 23.3 Å². The Labute approximate surface area is 312 Å². The maximum atomic E-state index is 6.61. The van der Waals surface area contributed by atoms with Crippen LogP contribution in [-0.2, 0) is 40.3 Å². The first kappa shape index (κ1) is 35.9. The third-order valence-electron chi connectivity index (χ3n) is 10.4. The smallest absolute Gasteiger partial charge is 0.509 e. The second kappa shape index (κ2) is 15.5. The van der Waals surface area contributed by atoms with Crippen molar-refractivity contribution in [1.29, 1.82) is 0 Å². The standard InChI is InChI=1S/C44H48N4O.Pt/c1-7-15-30-22-23-45-42(26-30)47-40-19-13-12-18-36(40)37-21-20-34(28-41(37)47)49-35-25-29(6)24-33(27-35)48-39(11-5)44(38(10-4)46-48)43-31(8-2)16-14-17-32(43)9-3;/h12-13,16,18-26,32,43H,7-11,14-15,17H2,1-6H3;/q-2;+2/t32-,43?;/m0./s1. The summed E-state index contributed by atoms with van der Waals surface area (Å²) in [4.78, 5) is 4.80. The Balaban J connectivity index is 0.00000432. The summed E-state index contributed by atoms with van der Waals surface area (Å²) in [5.41, 5.74) is 10.9. The van der Waals surface area contributed by atoms with E-state index >= 15 is 0 Å². The maximum absolute atomic E-state index is 6.61. The molecule has 50 heavy (non-hydrogen) atoms. The quantitative estimate of drug-likeness (QED) is 0.0964. The number of hydrogen-bond acceptors (Lipinski definition) is 3. The number of rotatable bonds is 11. The Morgan fingerprint density at radius 3 is 2.48 bits per heavy atom. The molecule has 0 bridgehead atoms. The molecule has 1 aliphatic rings. The number of allylic oxidation sites excluding steroid dienone is 2. The molecule has 5 nitrogen and oxygen atoms in total. The Hall–Kier alpha value is -3.95. The number of hydrogen-bond donors (Lipinski definition) is 0. The minimum absolute atomic E-state index is 0. The fourth-order valence-electron chi connectivity index (χ4n) is 8.13. The van der Waals surface area contributed by atoms with Crippen molar-refractivity contribution in [3.63, 3.8) is 0 Å². The van der Waals surface area contributed by atoms with Gasteiger partial charge in [0.2, 0.25) is 0 Å². The summed E-state index contributed by atoms with van der Waals surface area (Å²) >= 11 is 0. The molecule has 260 valence electrons. The van der Waals surface area contributed by atoms with Crippen molar-refractivity contribution in [2.75, 3.05) is 0 Å². The molecule has 0 fully saturated rings. The van der Waals surface area contributed by atoms with Gasteiger partial charge in [0.1, 0.15) is 5.82 Å². The predicted octanol–water partition coefficient (Wildman–Crippen LogP) is 11.4. The minimum Gasteiger partial charge on any atom is -0.509 e. The Bertz CT molecular complexity index is 2160. The first-order valence-electron chi connectivity index (χ1n) is 18.4. The molecule has 6 aromatic rings. The van der Waals surface area contributed by atoms with Gasteiger partial charge in [0.25, 0.3) is 0 Å². The molecule has 0 amide bonds. The molecule has 6 heteroatoms. The summed E-state index contributed by atoms with van der Waals surface area (Å²) in [6.07, 6.45) is 13.1. The van der Waals surface area contributed by atoms with Crippen molar-refractivity contribution in [3.05, 3.63) is 119 Å². The second-order valence-electron chi connectivity index (χ2n) is 13.5. The van der Waals surface area contributed by atoms with Crippen LogP contribution >= 0.6 is 0 Å². The number of para-hydroxylation sites is 1. The van der Waals surface area contributed by atoms with E-state index in [9.17, 15) is 0 Å². The van der Waals surface area contributed by atoms with Gasteiger partial charge in [-0.15, -0.1) is 35.7 Å². The van der Waals surface area contributed by atoms with E-state index in [1.54, 1.807) is 5.57 Å². The van der Waals surface area contributed by atoms with Crippen LogP contribution in [0.2, 0.25) is 0 Å². The SMILES string of the molecule is CCCc1ccnc(-n2c3[c-]c(Oc4[c-]c(-n5nc(CC)c(C6C(CC)=CCC[C@@H]6CC)c5CC)cc(C)c4)ccc3c3ccccc32)c1.[Pt+2]. The average Bonchev–Trinajstić information content (AvgIpc) is 3.66. The fourth-order valence-corrected chi connectivity index (χ4v) is 8.13. The number of nitrogens with zero attached hydrogens (tertiary/aromatic N) is 4. The molecule has 2 atom stereocenters. The zero-order valence-corrected chi connectivity index (χ0v) is 32.5. The fraction of sp³-hybridized carbons (Fsp3) is 0.364. The largest absolute Gasteiger partial charge is 2.00 e. The summed E-state index contributed by atoms with van der Waals surface area (Å²) in [6, 6.07) is 28.4. The average molecular weight is 844 g/mol. The van der Waals surface area contributed by atoms with Crippen LogP contribution < -0.4 is 4.74 Å². The molecular formula is C44H48N4OPt. The van der Waals surface area contributed by atoms with Gasteiger partial charge in [0.05, 0.1) is 5.69 Å². The molecular weight excluding hydrogens is 796 g/mol. The molecule has 0 saturated heterocycles. The molecule has 0 radical (unpaired) electrons.